The standard InChI is InChI=1S/C23H22F3N3O3/c1-3-14-4-6-15(7-5-14)12-18-19(20(23(24,25)26)29(2)28-18)21(30)27-13-16-8-10-17(11-9-16)22(31)32/h4-11H,3,12-13H2,1-2H3,(H,27,30)(H,31,32). The van der Waals surface area contributed by atoms with Crippen molar-refractivity contribution in [1.29, 1.82) is 0 Å². The number of carbonyl (C=O) groups excluding carboxylic acids is 1. The Bertz CT molecular complexity index is 1120. The number of aromatic nitrogens is 2. The van der Waals surface area contributed by atoms with Crippen LogP contribution in [-0.4, -0.2) is 26.8 Å². The number of aromatic carboxylic acids is 1. The second-order valence-electron chi connectivity index (χ2n) is 7.32. The van der Waals surface area contributed by atoms with Crippen LogP contribution in [0.1, 0.15) is 55.7 Å². The van der Waals surface area contributed by atoms with E-state index in [9.17, 15) is 22.8 Å². The van der Waals surface area contributed by atoms with Crippen LogP contribution in [0.25, 0.3) is 0 Å². The molecule has 0 saturated carbocycles. The van der Waals surface area contributed by atoms with E-state index in [1.165, 1.54) is 24.3 Å². The summed E-state index contributed by atoms with van der Waals surface area (Å²) in [4.78, 5) is 23.8. The quantitative estimate of drug-likeness (QED) is 0.570. The zero-order valence-corrected chi connectivity index (χ0v) is 17.5. The van der Waals surface area contributed by atoms with Crippen LogP contribution in [-0.2, 0) is 32.6 Å². The SMILES string of the molecule is CCc1ccc(Cc2nn(C)c(C(F)(F)F)c2C(=O)NCc2ccc(C(=O)O)cc2)cc1. The van der Waals surface area contributed by atoms with Crippen LogP contribution in [0.4, 0.5) is 13.2 Å². The molecule has 32 heavy (non-hydrogen) atoms. The fourth-order valence-corrected chi connectivity index (χ4v) is 3.39. The molecule has 9 heteroatoms. The summed E-state index contributed by atoms with van der Waals surface area (Å²) in [6, 6.07) is 13.1. The molecule has 0 aliphatic heterocycles. The number of amides is 1. The minimum absolute atomic E-state index is 0.0304. The second kappa shape index (κ2) is 9.25. The van der Waals surface area contributed by atoms with E-state index in [1.54, 1.807) is 0 Å². The Morgan fingerprint density at radius 2 is 1.56 bits per heavy atom. The molecule has 6 nitrogen and oxygen atoms in total. The van der Waals surface area contributed by atoms with E-state index >= 15 is 0 Å². The molecule has 1 aromatic heterocycles. The molecular weight excluding hydrogens is 423 g/mol. The lowest BCUT2D eigenvalue weighted by Crippen LogP contribution is -2.27. The van der Waals surface area contributed by atoms with Gasteiger partial charge in [-0.1, -0.05) is 43.3 Å². The van der Waals surface area contributed by atoms with Crippen LogP contribution >= 0.6 is 0 Å². The zero-order valence-electron chi connectivity index (χ0n) is 17.5. The van der Waals surface area contributed by atoms with Gasteiger partial charge in [0.15, 0.2) is 5.69 Å². The molecule has 1 amide bonds. The molecule has 0 aliphatic carbocycles. The van der Waals surface area contributed by atoms with Gasteiger partial charge in [-0.15, -0.1) is 0 Å². The molecule has 3 rings (SSSR count). The molecule has 2 aromatic carbocycles. The molecule has 0 saturated heterocycles. The summed E-state index contributed by atoms with van der Waals surface area (Å²) in [5.41, 5.74) is 0.867. The number of carboxylic acid groups (broad SMARTS) is 1. The van der Waals surface area contributed by atoms with Crippen LogP contribution < -0.4 is 5.32 Å². The molecule has 3 aromatic rings. The van der Waals surface area contributed by atoms with Crippen LogP contribution in [0, 0.1) is 0 Å². The van der Waals surface area contributed by atoms with E-state index in [0.717, 1.165) is 24.6 Å². The van der Waals surface area contributed by atoms with Gasteiger partial charge in [-0.3, -0.25) is 9.48 Å². The fraction of sp³-hybridized carbons (Fsp3) is 0.261. The first-order valence-corrected chi connectivity index (χ1v) is 9.91. The van der Waals surface area contributed by atoms with Gasteiger partial charge in [0, 0.05) is 20.0 Å². The molecule has 0 radical (unpaired) electrons. The molecule has 2 N–H and O–H groups in total. The molecule has 0 unspecified atom stereocenters. The van der Waals surface area contributed by atoms with Crippen LogP contribution in [0.3, 0.4) is 0 Å². The average Bonchev–Trinajstić information content (AvgIpc) is 3.09. The lowest BCUT2D eigenvalue weighted by Gasteiger charge is -2.11. The number of carbonyl (C=O) groups is 2. The first-order chi connectivity index (χ1) is 15.1. The van der Waals surface area contributed by atoms with E-state index in [4.69, 9.17) is 5.11 Å². The third kappa shape index (κ3) is 5.16. The van der Waals surface area contributed by atoms with Crippen LogP contribution in [0.5, 0.6) is 0 Å². The van der Waals surface area contributed by atoms with Crippen molar-refractivity contribution in [3.8, 4) is 0 Å². The summed E-state index contributed by atoms with van der Waals surface area (Å²) in [5, 5.41) is 15.4. The Balaban J connectivity index is 1.88. The topological polar surface area (TPSA) is 84.2 Å². The third-order valence-electron chi connectivity index (χ3n) is 5.07. The van der Waals surface area contributed by atoms with Crippen molar-refractivity contribution in [2.24, 2.45) is 7.05 Å². The monoisotopic (exact) mass is 445 g/mol. The molecule has 0 atom stereocenters. The zero-order chi connectivity index (χ0) is 23.5. The summed E-state index contributed by atoms with van der Waals surface area (Å²) >= 11 is 0. The van der Waals surface area contributed by atoms with Gasteiger partial charge in [0.05, 0.1) is 16.8 Å². The van der Waals surface area contributed by atoms with Crippen molar-refractivity contribution >= 4 is 11.9 Å². The number of alkyl halides is 3. The lowest BCUT2D eigenvalue weighted by atomic mass is 10.0. The second-order valence-corrected chi connectivity index (χ2v) is 7.32. The third-order valence-corrected chi connectivity index (χ3v) is 5.07. The predicted molar refractivity (Wildman–Crippen MR) is 111 cm³/mol. The summed E-state index contributed by atoms with van der Waals surface area (Å²) < 4.78 is 41.8. The van der Waals surface area contributed by atoms with Crippen molar-refractivity contribution in [2.75, 3.05) is 0 Å². The smallest absolute Gasteiger partial charge is 0.433 e. The predicted octanol–water partition coefficient (Wildman–Crippen LogP) is 4.22. The highest BCUT2D eigenvalue weighted by Gasteiger charge is 2.41. The van der Waals surface area contributed by atoms with E-state index in [2.05, 4.69) is 10.4 Å². The van der Waals surface area contributed by atoms with E-state index in [1.807, 2.05) is 31.2 Å². The number of nitrogens with one attached hydrogen (secondary N) is 1. The highest BCUT2D eigenvalue weighted by atomic mass is 19.4. The molecule has 1 heterocycles. The highest BCUT2D eigenvalue weighted by Crippen LogP contribution is 2.34. The van der Waals surface area contributed by atoms with Gasteiger partial charge in [0.2, 0.25) is 0 Å². The van der Waals surface area contributed by atoms with Crippen molar-refractivity contribution in [3.63, 3.8) is 0 Å². The number of carboxylic acids is 1. The van der Waals surface area contributed by atoms with Gasteiger partial charge in [-0.2, -0.15) is 18.3 Å². The maximum absolute atomic E-state index is 13.7. The van der Waals surface area contributed by atoms with Crippen molar-refractivity contribution in [2.45, 2.75) is 32.5 Å². The summed E-state index contributed by atoms with van der Waals surface area (Å²) in [5.74, 6) is -1.99. The number of benzene rings is 2. The lowest BCUT2D eigenvalue weighted by molar-refractivity contribution is -0.144. The van der Waals surface area contributed by atoms with Gasteiger partial charge in [0.1, 0.15) is 0 Å². The Kier molecular flexibility index (Phi) is 6.67. The Morgan fingerprint density at radius 1 is 1.00 bits per heavy atom. The maximum Gasteiger partial charge on any atom is 0.433 e. The highest BCUT2D eigenvalue weighted by molar-refractivity contribution is 5.97. The number of aryl methyl sites for hydroxylation is 2. The van der Waals surface area contributed by atoms with E-state index in [0.29, 0.717) is 10.2 Å². The number of hydrogen-bond acceptors (Lipinski definition) is 3. The van der Waals surface area contributed by atoms with E-state index in [-0.39, 0.29) is 24.2 Å². The van der Waals surface area contributed by atoms with Crippen LogP contribution in [0.2, 0.25) is 0 Å². The molecule has 168 valence electrons. The largest absolute Gasteiger partial charge is 0.478 e. The fourth-order valence-electron chi connectivity index (χ4n) is 3.39. The van der Waals surface area contributed by atoms with E-state index < -0.39 is 29.3 Å². The summed E-state index contributed by atoms with van der Waals surface area (Å²) in [6.07, 6.45) is -3.85. The maximum atomic E-state index is 13.7. The molecular formula is C23H22F3N3O3. The number of rotatable bonds is 7. The van der Waals surface area contributed by atoms with Gasteiger partial charge >= 0.3 is 12.1 Å². The van der Waals surface area contributed by atoms with Crippen molar-refractivity contribution in [3.05, 3.63) is 87.7 Å². The first-order valence-electron chi connectivity index (χ1n) is 9.91. The summed E-state index contributed by atoms with van der Waals surface area (Å²) in [7, 11) is 1.16. The Labute approximate surface area is 182 Å². The van der Waals surface area contributed by atoms with Crippen LogP contribution in [0.15, 0.2) is 48.5 Å². The minimum atomic E-state index is -4.76. The number of hydrogen-bond donors (Lipinski definition) is 2. The summed E-state index contributed by atoms with van der Waals surface area (Å²) in [6.45, 7) is 1.94. The normalized spacial score (nSPS) is 11.4. The van der Waals surface area contributed by atoms with Gasteiger partial charge < -0.3 is 10.4 Å². The Hall–Kier alpha value is -3.62. The molecule has 0 bridgehead atoms. The first kappa shape index (κ1) is 23.1. The molecule has 0 fully saturated rings. The van der Waals surface area contributed by atoms with Crippen molar-refractivity contribution in [1.82, 2.24) is 15.1 Å². The minimum Gasteiger partial charge on any atom is -0.478 e. The average molecular weight is 445 g/mol. The van der Waals surface area contributed by atoms with Gasteiger partial charge in [-0.25, -0.2) is 4.79 Å². The Morgan fingerprint density at radius 3 is 2.09 bits per heavy atom. The number of nitrogens with zero attached hydrogens (tertiary/aromatic N) is 2. The van der Waals surface area contributed by atoms with Gasteiger partial charge in [0.25, 0.3) is 5.91 Å². The van der Waals surface area contributed by atoms with Crippen molar-refractivity contribution < 1.29 is 27.9 Å². The van der Waals surface area contributed by atoms with Gasteiger partial charge in [-0.05, 0) is 35.2 Å². The molecule has 0 spiro atoms. The number of halogens is 3. The molecule has 0 aliphatic rings.